The van der Waals surface area contributed by atoms with Crippen molar-refractivity contribution < 1.29 is 17.2 Å². The molecule has 0 saturated heterocycles. The smallest absolute Gasteiger partial charge is 0.341 e. The summed E-state index contributed by atoms with van der Waals surface area (Å²) in [6, 6.07) is 5.45. The van der Waals surface area contributed by atoms with E-state index in [4.69, 9.17) is 5.73 Å². The zero-order chi connectivity index (χ0) is 15.5. The van der Waals surface area contributed by atoms with Crippen LogP contribution in [0, 0.1) is 11.8 Å². The van der Waals surface area contributed by atoms with E-state index in [0.29, 0.717) is 18.4 Å². The standard InChI is InChI=1S/C14H20F2N2O2S/c15-14(16)21(19,20)13-6-4-12(5-7-13)18-9-11-3-1-2-10(11)8-17/h4-7,10-11,14,18H,1-3,8-9,17H2. The minimum absolute atomic E-state index is 0.358. The van der Waals surface area contributed by atoms with Gasteiger partial charge in [0.2, 0.25) is 9.84 Å². The third-order valence-electron chi connectivity index (χ3n) is 4.11. The Labute approximate surface area is 123 Å². The first-order chi connectivity index (χ1) is 9.95. The highest BCUT2D eigenvalue weighted by molar-refractivity contribution is 7.91. The Kier molecular flexibility index (Phi) is 5.16. The number of anilines is 1. The number of hydrogen-bond donors (Lipinski definition) is 2. The van der Waals surface area contributed by atoms with Crippen molar-refractivity contribution >= 4 is 15.5 Å². The van der Waals surface area contributed by atoms with E-state index < -0.39 is 15.6 Å². The van der Waals surface area contributed by atoms with E-state index in [-0.39, 0.29) is 4.90 Å². The quantitative estimate of drug-likeness (QED) is 0.845. The van der Waals surface area contributed by atoms with Crippen molar-refractivity contribution in [2.45, 2.75) is 29.9 Å². The average Bonchev–Trinajstić information content (AvgIpc) is 2.92. The third-order valence-corrected chi connectivity index (χ3v) is 5.50. The molecule has 21 heavy (non-hydrogen) atoms. The van der Waals surface area contributed by atoms with Gasteiger partial charge in [0, 0.05) is 12.2 Å². The van der Waals surface area contributed by atoms with Gasteiger partial charge in [-0.1, -0.05) is 6.42 Å². The van der Waals surface area contributed by atoms with Crippen LogP contribution >= 0.6 is 0 Å². The molecule has 1 aliphatic carbocycles. The van der Waals surface area contributed by atoms with E-state index in [1.165, 1.54) is 30.7 Å². The van der Waals surface area contributed by atoms with Gasteiger partial charge in [-0.25, -0.2) is 8.42 Å². The van der Waals surface area contributed by atoms with Crippen LogP contribution in [-0.2, 0) is 9.84 Å². The van der Waals surface area contributed by atoms with E-state index in [1.54, 1.807) is 0 Å². The van der Waals surface area contributed by atoms with Gasteiger partial charge >= 0.3 is 5.76 Å². The average molecular weight is 318 g/mol. The van der Waals surface area contributed by atoms with Gasteiger partial charge in [0.15, 0.2) is 0 Å². The summed E-state index contributed by atoms with van der Waals surface area (Å²) >= 11 is 0. The number of nitrogens with two attached hydrogens (primary N) is 1. The lowest BCUT2D eigenvalue weighted by Crippen LogP contribution is -2.24. The molecular weight excluding hydrogens is 298 g/mol. The highest BCUT2D eigenvalue weighted by Crippen LogP contribution is 2.31. The second-order valence-electron chi connectivity index (χ2n) is 5.40. The van der Waals surface area contributed by atoms with Crippen LogP contribution in [0.25, 0.3) is 0 Å². The van der Waals surface area contributed by atoms with Crippen LogP contribution in [0.4, 0.5) is 14.5 Å². The number of hydrogen-bond acceptors (Lipinski definition) is 4. The van der Waals surface area contributed by atoms with Crippen LogP contribution in [0.1, 0.15) is 19.3 Å². The lowest BCUT2D eigenvalue weighted by molar-refractivity contribution is 0.234. The molecule has 0 bridgehead atoms. The molecular formula is C14H20F2N2O2S. The van der Waals surface area contributed by atoms with Crippen LogP contribution in [0.3, 0.4) is 0 Å². The minimum Gasteiger partial charge on any atom is -0.385 e. The molecule has 2 rings (SSSR count). The van der Waals surface area contributed by atoms with Crippen molar-refractivity contribution in [3.8, 4) is 0 Å². The highest BCUT2D eigenvalue weighted by atomic mass is 32.2. The first-order valence-electron chi connectivity index (χ1n) is 7.01. The Morgan fingerprint density at radius 3 is 2.38 bits per heavy atom. The van der Waals surface area contributed by atoms with Crippen molar-refractivity contribution in [2.24, 2.45) is 17.6 Å². The SMILES string of the molecule is NCC1CCCC1CNc1ccc(S(=O)(=O)C(F)F)cc1. The first kappa shape index (κ1) is 16.2. The molecule has 0 aromatic heterocycles. The number of rotatable bonds is 6. The molecule has 1 aromatic carbocycles. The maximum Gasteiger partial charge on any atom is 0.341 e. The largest absolute Gasteiger partial charge is 0.385 e. The monoisotopic (exact) mass is 318 g/mol. The van der Waals surface area contributed by atoms with Crippen LogP contribution in [0.5, 0.6) is 0 Å². The summed E-state index contributed by atoms with van der Waals surface area (Å²) in [6.07, 6.45) is 3.46. The maximum atomic E-state index is 12.4. The fraction of sp³-hybridized carbons (Fsp3) is 0.571. The van der Waals surface area contributed by atoms with Crippen LogP contribution in [-0.4, -0.2) is 27.3 Å². The van der Waals surface area contributed by atoms with Gasteiger partial charge in [-0.05, 0) is 55.5 Å². The Bertz CT molecular complexity index is 561. The lowest BCUT2D eigenvalue weighted by Gasteiger charge is -2.19. The van der Waals surface area contributed by atoms with Crippen molar-refractivity contribution in [2.75, 3.05) is 18.4 Å². The van der Waals surface area contributed by atoms with Gasteiger partial charge in [0.25, 0.3) is 0 Å². The second kappa shape index (κ2) is 6.70. The van der Waals surface area contributed by atoms with Gasteiger partial charge in [-0.2, -0.15) is 8.78 Å². The van der Waals surface area contributed by atoms with Crippen LogP contribution < -0.4 is 11.1 Å². The normalized spacial score (nSPS) is 22.7. The number of nitrogens with one attached hydrogen (secondary N) is 1. The van der Waals surface area contributed by atoms with Crippen LogP contribution in [0.2, 0.25) is 0 Å². The summed E-state index contributed by atoms with van der Waals surface area (Å²) in [5.41, 5.74) is 6.45. The Hall–Kier alpha value is -1.21. The van der Waals surface area contributed by atoms with Crippen molar-refractivity contribution in [1.82, 2.24) is 0 Å². The predicted molar refractivity (Wildman–Crippen MR) is 78.0 cm³/mol. The van der Waals surface area contributed by atoms with Gasteiger partial charge in [0.1, 0.15) is 0 Å². The lowest BCUT2D eigenvalue weighted by atomic mass is 9.96. The van der Waals surface area contributed by atoms with E-state index in [2.05, 4.69) is 5.32 Å². The Morgan fingerprint density at radius 1 is 1.19 bits per heavy atom. The molecule has 2 atom stereocenters. The molecule has 3 N–H and O–H groups in total. The molecule has 0 amide bonds. The predicted octanol–water partition coefficient (Wildman–Crippen LogP) is 2.47. The zero-order valence-corrected chi connectivity index (χ0v) is 12.5. The molecule has 118 valence electrons. The molecule has 1 aliphatic rings. The molecule has 0 heterocycles. The number of sulfone groups is 1. The molecule has 4 nitrogen and oxygen atoms in total. The molecule has 2 unspecified atom stereocenters. The Morgan fingerprint density at radius 2 is 1.81 bits per heavy atom. The molecule has 1 saturated carbocycles. The summed E-state index contributed by atoms with van der Waals surface area (Å²) in [5, 5.41) is 3.22. The molecule has 0 radical (unpaired) electrons. The Balaban J connectivity index is 1.97. The fourth-order valence-corrected chi connectivity index (χ4v) is 3.53. The summed E-state index contributed by atoms with van der Waals surface area (Å²) in [7, 11) is -4.51. The molecule has 7 heteroatoms. The summed E-state index contributed by atoms with van der Waals surface area (Å²) in [6.45, 7) is 1.45. The molecule has 1 aromatic rings. The maximum absolute atomic E-state index is 12.4. The van der Waals surface area contributed by atoms with Gasteiger partial charge in [-0.15, -0.1) is 0 Å². The van der Waals surface area contributed by atoms with Gasteiger partial charge < -0.3 is 11.1 Å². The van der Waals surface area contributed by atoms with Crippen LogP contribution in [0.15, 0.2) is 29.2 Å². The fourth-order valence-electron chi connectivity index (χ4n) is 2.81. The van der Waals surface area contributed by atoms with Gasteiger partial charge in [-0.3, -0.25) is 0 Å². The van der Waals surface area contributed by atoms with Crippen molar-refractivity contribution in [1.29, 1.82) is 0 Å². The number of halogens is 2. The van der Waals surface area contributed by atoms with Crippen molar-refractivity contribution in [3.63, 3.8) is 0 Å². The number of benzene rings is 1. The minimum atomic E-state index is -4.51. The van der Waals surface area contributed by atoms with E-state index in [0.717, 1.165) is 25.1 Å². The van der Waals surface area contributed by atoms with Crippen molar-refractivity contribution in [3.05, 3.63) is 24.3 Å². The van der Waals surface area contributed by atoms with Gasteiger partial charge in [0.05, 0.1) is 4.90 Å². The molecule has 1 fully saturated rings. The topological polar surface area (TPSA) is 72.2 Å². The molecule has 0 aliphatic heterocycles. The number of alkyl halides is 2. The molecule has 0 spiro atoms. The zero-order valence-electron chi connectivity index (χ0n) is 11.6. The van der Waals surface area contributed by atoms with E-state index in [1.807, 2.05) is 0 Å². The third kappa shape index (κ3) is 3.71. The highest BCUT2D eigenvalue weighted by Gasteiger charge is 2.27. The first-order valence-corrected chi connectivity index (χ1v) is 8.56. The van der Waals surface area contributed by atoms with E-state index in [9.17, 15) is 17.2 Å². The summed E-state index contributed by atoms with van der Waals surface area (Å²) in [5.74, 6) is -2.35. The summed E-state index contributed by atoms with van der Waals surface area (Å²) in [4.78, 5) is -0.358. The van der Waals surface area contributed by atoms with E-state index >= 15 is 0 Å². The summed E-state index contributed by atoms with van der Waals surface area (Å²) < 4.78 is 47.5. The second-order valence-corrected chi connectivity index (χ2v) is 7.32.